The molecule has 1 rings (SSSR count). The van der Waals surface area contributed by atoms with Gasteiger partial charge in [0.2, 0.25) is 0 Å². The fourth-order valence-electron chi connectivity index (χ4n) is 1.89. The van der Waals surface area contributed by atoms with Gasteiger partial charge >= 0.3 is 6.09 Å². The van der Waals surface area contributed by atoms with Crippen LogP contribution < -0.4 is 0 Å². The number of carbonyl (C=O) groups is 2. The summed E-state index contributed by atoms with van der Waals surface area (Å²) in [6.45, 7) is 5.98. The van der Waals surface area contributed by atoms with Crippen LogP contribution in [0.1, 0.15) is 27.2 Å². The number of hydrogen-bond donors (Lipinski definition) is 0. The quantitative estimate of drug-likeness (QED) is 0.770. The molecule has 110 valence electrons. The monoisotopic (exact) mass is 291 g/mol. The van der Waals surface area contributed by atoms with Crippen molar-refractivity contribution in [1.82, 2.24) is 4.90 Å². The van der Waals surface area contributed by atoms with Crippen LogP contribution in [-0.4, -0.2) is 55.9 Å². The van der Waals surface area contributed by atoms with Crippen molar-refractivity contribution < 1.29 is 22.7 Å². The maximum atomic E-state index is 11.8. The van der Waals surface area contributed by atoms with Crippen LogP contribution in [0.2, 0.25) is 0 Å². The van der Waals surface area contributed by atoms with E-state index in [9.17, 15) is 18.0 Å². The first-order chi connectivity index (χ1) is 8.48. The lowest BCUT2D eigenvalue weighted by atomic mass is 10.1. The molecule has 0 bridgehead atoms. The Labute approximate surface area is 114 Å². The first-order valence-electron chi connectivity index (χ1n) is 6.16. The molecule has 0 aliphatic carbocycles. The summed E-state index contributed by atoms with van der Waals surface area (Å²) in [6, 6.07) is 0. The molecule has 0 radical (unpaired) electrons. The van der Waals surface area contributed by atoms with Crippen molar-refractivity contribution in [3.05, 3.63) is 0 Å². The lowest BCUT2D eigenvalue weighted by Crippen LogP contribution is -2.36. The van der Waals surface area contributed by atoms with Crippen LogP contribution >= 0.6 is 0 Å². The second kappa shape index (κ2) is 5.48. The van der Waals surface area contributed by atoms with Gasteiger partial charge in [-0.15, -0.1) is 0 Å². The Bertz CT molecular complexity index is 463. The summed E-state index contributed by atoms with van der Waals surface area (Å²) in [5, 5.41) is 0. The minimum absolute atomic E-state index is 0.239. The van der Waals surface area contributed by atoms with Crippen molar-refractivity contribution in [2.45, 2.75) is 32.8 Å². The number of nitrogens with zero attached hydrogens (tertiary/aromatic N) is 1. The number of rotatable bonds is 3. The van der Waals surface area contributed by atoms with Crippen molar-refractivity contribution in [2.75, 3.05) is 25.1 Å². The lowest BCUT2D eigenvalue weighted by molar-refractivity contribution is -0.119. The Hall–Kier alpha value is -1.11. The fourth-order valence-corrected chi connectivity index (χ4v) is 2.64. The summed E-state index contributed by atoms with van der Waals surface area (Å²) < 4.78 is 27.4. The van der Waals surface area contributed by atoms with Crippen LogP contribution in [0.4, 0.5) is 4.79 Å². The average molecular weight is 291 g/mol. The van der Waals surface area contributed by atoms with E-state index in [1.165, 1.54) is 4.90 Å². The van der Waals surface area contributed by atoms with Gasteiger partial charge in [-0.05, 0) is 27.2 Å². The molecule has 0 saturated carbocycles. The van der Waals surface area contributed by atoms with E-state index in [4.69, 9.17) is 4.74 Å². The number of carbonyl (C=O) groups excluding carboxylic acids is 2. The number of hydrogen-bond acceptors (Lipinski definition) is 5. The van der Waals surface area contributed by atoms with Gasteiger partial charge in [0.1, 0.15) is 11.4 Å². The maximum absolute atomic E-state index is 11.8. The van der Waals surface area contributed by atoms with E-state index in [1.807, 2.05) is 0 Å². The van der Waals surface area contributed by atoms with Gasteiger partial charge < -0.3 is 9.64 Å². The van der Waals surface area contributed by atoms with Crippen LogP contribution in [0.25, 0.3) is 0 Å². The highest BCUT2D eigenvalue weighted by Gasteiger charge is 2.34. The Morgan fingerprint density at radius 2 is 1.89 bits per heavy atom. The molecule has 7 heteroatoms. The van der Waals surface area contributed by atoms with Gasteiger partial charge in [0.15, 0.2) is 15.6 Å². The highest BCUT2D eigenvalue weighted by molar-refractivity contribution is 7.91. The first kappa shape index (κ1) is 15.9. The standard InChI is InChI=1S/C12H21NO5S/c1-12(2,3)18-11(15)13-6-5-9(7-13)10(14)8-19(4,16)17/h9H,5-8H2,1-4H3. The number of ether oxygens (including phenoxy) is 1. The van der Waals surface area contributed by atoms with Gasteiger partial charge in [-0.2, -0.15) is 0 Å². The number of likely N-dealkylation sites (tertiary alicyclic amines) is 1. The van der Waals surface area contributed by atoms with E-state index in [0.29, 0.717) is 13.0 Å². The molecule has 1 atom stereocenters. The Balaban J connectivity index is 2.54. The number of sulfone groups is 1. The molecule has 1 unspecified atom stereocenters. The van der Waals surface area contributed by atoms with E-state index in [0.717, 1.165) is 6.26 Å². The predicted molar refractivity (Wildman–Crippen MR) is 70.6 cm³/mol. The third-order valence-corrected chi connectivity index (χ3v) is 3.51. The molecule has 1 heterocycles. The van der Waals surface area contributed by atoms with Crippen LogP contribution in [-0.2, 0) is 19.4 Å². The third kappa shape index (κ3) is 5.59. The highest BCUT2D eigenvalue weighted by atomic mass is 32.2. The van der Waals surface area contributed by atoms with E-state index < -0.39 is 33.2 Å². The van der Waals surface area contributed by atoms with Crippen molar-refractivity contribution >= 4 is 21.7 Å². The zero-order valence-electron chi connectivity index (χ0n) is 11.8. The van der Waals surface area contributed by atoms with Crippen molar-refractivity contribution in [2.24, 2.45) is 5.92 Å². The molecule has 0 spiro atoms. The van der Waals surface area contributed by atoms with Crippen LogP contribution in [0.3, 0.4) is 0 Å². The number of amides is 1. The normalized spacial score (nSPS) is 20.4. The average Bonchev–Trinajstić information content (AvgIpc) is 2.60. The second-order valence-electron chi connectivity index (χ2n) is 5.95. The number of ketones is 1. The molecule has 1 fully saturated rings. The summed E-state index contributed by atoms with van der Waals surface area (Å²) >= 11 is 0. The molecule has 0 aromatic rings. The SMILES string of the molecule is CC(C)(C)OC(=O)N1CCC(C(=O)CS(C)(=O)=O)C1. The molecule has 1 amide bonds. The van der Waals surface area contributed by atoms with E-state index in [1.54, 1.807) is 20.8 Å². The smallest absolute Gasteiger partial charge is 0.410 e. The van der Waals surface area contributed by atoms with Crippen molar-refractivity contribution in [1.29, 1.82) is 0 Å². The maximum Gasteiger partial charge on any atom is 0.410 e. The molecule has 19 heavy (non-hydrogen) atoms. The van der Waals surface area contributed by atoms with Gasteiger partial charge in [-0.1, -0.05) is 0 Å². The summed E-state index contributed by atoms with van der Waals surface area (Å²) in [7, 11) is -3.31. The molecule has 1 saturated heterocycles. The molecule has 1 aliphatic rings. The molecule has 1 aliphatic heterocycles. The largest absolute Gasteiger partial charge is 0.444 e. The van der Waals surface area contributed by atoms with Gasteiger partial charge in [-0.25, -0.2) is 13.2 Å². The summed E-state index contributed by atoms with van der Waals surface area (Å²) in [5.41, 5.74) is -0.577. The third-order valence-electron chi connectivity index (χ3n) is 2.70. The van der Waals surface area contributed by atoms with E-state index in [2.05, 4.69) is 0 Å². The van der Waals surface area contributed by atoms with Gasteiger partial charge in [0.25, 0.3) is 0 Å². The molecule has 0 N–H and O–H groups in total. The van der Waals surface area contributed by atoms with Crippen LogP contribution in [0.15, 0.2) is 0 Å². The minimum atomic E-state index is -3.31. The zero-order valence-corrected chi connectivity index (χ0v) is 12.6. The summed E-state index contributed by atoms with van der Waals surface area (Å²) in [5.74, 6) is -1.18. The van der Waals surface area contributed by atoms with Gasteiger partial charge in [-0.3, -0.25) is 4.79 Å². The molecular weight excluding hydrogens is 270 g/mol. The lowest BCUT2D eigenvalue weighted by Gasteiger charge is -2.24. The Kier molecular flexibility index (Phi) is 4.60. The summed E-state index contributed by atoms with van der Waals surface area (Å²) in [6.07, 6.45) is 1.07. The fraction of sp³-hybridized carbons (Fsp3) is 0.833. The van der Waals surface area contributed by atoms with Crippen LogP contribution in [0, 0.1) is 5.92 Å². The topological polar surface area (TPSA) is 80.8 Å². The predicted octanol–water partition coefficient (Wildman–Crippen LogP) is 0.857. The van der Waals surface area contributed by atoms with Gasteiger partial charge in [0, 0.05) is 25.3 Å². The first-order valence-corrected chi connectivity index (χ1v) is 8.22. The highest BCUT2D eigenvalue weighted by Crippen LogP contribution is 2.20. The molecule has 6 nitrogen and oxygen atoms in total. The molecule has 0 aromatic carbocycles. The van der Waals surface area contributed by atoms with Crippen molar-refractivity contribution in [3.63, 3.8) is 0 Å². The van der Waals surface area contributed by atoms with Crippen molar-refractivity contribution in [3.8, 4) is 0 Å². The summed E-state index contributed by atoms with van der Waals surface area (Å²) in [4.78, 5) is 25.0. The molecular formula is C12H21NO5S. The number of Topliss-reactive ketones (excluding diaryl/α,β-unsaturated/α-hetero) is 1. The van der Waals surface area contributed by atoms with E-state index in [-0.39, 0.29) is 12.3 Å². The van der Waals surface area contributed by atoms with Gasteiger partial charge in [0.05, 0.1) is 0 Å². The minimum Gasteiger partial charge on any atom is -0.444 e. The zero-order chi connectivity index (χ0) is 14.8. The van der Waals surface area contributed by atoms with Crippen LogP contribution in [0.5, 0.6) is 0 Å². The Morgan fingerprint density at radius 3 is 2.37 bits per heavy atom. The Morgan fingerprint density at radius 1 is 1.32 bits per heavy atom. The van der Waals surface area contributed by atoms with E-state index >= 15 is 0 Å². The second-order valence-corrected chi connectivity index (χ2v) is 8.09. The molecule has 0 aromatic heterocycles.